The molecule has 0 amide bonds. The fourth-order valence-corrected chi connectivity index (χ4v) is 4.57. The van der Waals surface area contributed by atoms with Crippen LogP contribution in [0.5, 0.6) is 0 Å². The van der Waals surface area contributed by atoms with Crippen molar-refractivity contribution in [3.8, 4) is 11.8 Å². The van der Waals surface area contributed by atoms with Crippen LogP contribution in [0, 0.1) is 11.3 Å². The van der Waals surface area contributed by atoms with Crippen molar-refractivity contribution in [1.29, 1.82) is 5.26 Å². The third-order valence-corrected chi connectivity index (χ3v) is 6.36. The molecule has 0 saturated carbocycles. The third-order valence-electron chi connectivity index (χ3n) is 4.91. The van der Waals surface area contributed by atoms with E-state index in [-0.39, 0.29) is 28.1 Å². The highest BCUT2D eigenvalue weighted by Crippen LogP contribution is 2.26. The van der Waals surface area contributed by atoms with Crippen LogP contribution < -0.4 is 11.1 Å². The number of nitriles is 1. The zero-order valence-electron chi connectivity index (χ0n) is 16.6. The normalized spacial score (nSPS) is 11.2. The lowest BCUT2D eigenvalue weighted by molar-refractivity contribution is 0.818. The van der Waals surface area contributed by atoms with Gasteiger partial charge in [0.25, 0.3) is 11.1 Å². The Hall–Kier alpha value is -3.58. The molecule has 0 aliphatic heterocycles. The van der Waals surface area contributed by atoms with Gasteiger partial charge in [0.2, 0.25) is 0 Å². The van der Waals surface area contributed by atoms with Crippen LogP contribution in [-0.4, -0.2) is 24.1 Å². The molecule has 0 fully saturated rings. The number of H-pyrrole nitrogens is 1. The highest BCUT2D eigenvalue weighted by Gasteiger charge is 2.15. The molecule has 11 heteroatoms. The van der Waals surface area contributed by atoms with Crippen molar-refractivity contribution in [2.45, 2.75) is 10.9 Å². The molecule has 0 unspecified atom stereocenters. The molecule has 5 rings (SSSR count). The summed E-state index contributed by atoms with van der Waals surface area (Å²) in [5, 5.41) is 13.8. The molecule has 5 aromatic rings. The monoisotopic (exact) mass is 494 g/mol. The lowest BCUT2D eigenvalue weighted by Gasteiger charge is -2.13. The maximum absolute atomic E-state index is 13.4. The van der Waals surface area contributed by atoms with Crippen LogP contribution in [0.4, 0.5) is 0 Å². The number of aromatic amines is 1. The van der Waals surface area contributed by atoms with Gasteiger partial charge in [-0.1, -0.05) is 35.0 Å². The lowest BCUT2D eigenvalue weighted by atomic mass is 10.2. The smallest absolute Gasteiger partial charge is 0.272 e. The first-order valence-electron chi connectivity index (χ1n) is 9.56. The topological polar surface area (TPSA) is 109 Å². The molecule has 3 aromatic heterocycles. The average Bonchev–Trinajstić information content (AvgIpc) is 3.22. The Morgan fingerprint density at radius 2 is 1.79 bits per heavy atom. The van der Waals surface area contributed by atoms with Crippen LogP contribution in [0.1, 0.15) is 11.3 Å². The Morgan fingerprint density at radius 1 is 1.03 bits per heavy atom. The van der Waals surface area contributed by atoms with Gasteiger partial charge in [-0.3, -0.25) is 19.3 Å². The minimum absolute atomic E-state index is 0.244. The number of fused-ring (bicyclic) bond motifs is 2. The molecule has 0 atom stereocenters. The van der Waals surface area contributed by atoms with Gasteiger partial charge in [-0.25, -0.2) is 14.5 Å². The second kappa shape index (κ2) is 8.41. The minimum Gasteiger partial charge on any atom is -0.295 e. The van der Waals surface area contributed by atoms with E-state index >= 15 is 0 Å². The van der Waals surface area contributed by atoms with E-state index < -0.39 is 0 Å². The summed E-state index contributed by atoms with van der Waals surface area (Å²) in [5.74, 6) is 0.244. The highest BCUT2D eigenvalue weighted by atomic mass is 35.5. The number of rotatable bonds is 4. The quantitative estimate of drug-likeness (QED) is 0.296. The SMILES string of the molecule is N#Cc1c[nH]n2c(=O)cc(CSc3nc4cc(Cl)ccc4c(=O)n3-c3ccc(Cl)cc3)nc12. The van der Waals surface area contributed by atoms with E-state index in [1.807, 2.05) is 6.07 Å². The number of benzene rings is 2. The molecule has 0 bridgehead atoms. The van der Waals surface area contributed by atoms with E-state index in [0.717, 1.165) is 0 Å². The number of hydrogen-bond acceptors (Lipinski definition) is 6. The maximum Gasteiger partial charge on any atom is 0.272 e. The van der Waals surface area contributed by atoms with Gasteiger partial charge in [-0.15, -0.1) is 0 Å². The van der Waals surface area contributed by atoms with Crippen LogP contribution >= 0.6 is 35.0 Å². The molecule has 0 spiro atoms. The molecule has 2 aromatic carbocycles. The highest BCUT2D eigenvalue weighted by molar-refractivity contribution is 7.98. The van der Waals surface area contributed by atoms with Gasteiger partial charge in [-0.05, 0) is 42.5 Å². The van der Waals surface area contributed by atoms with Gasteiger partial charge in [0, 0.05) is 28.1 Å². The number of nitrogens with zero attached hydrogens (tertiary/aromatic N) is 5. The lowest BCUT2D eigenvalue weighted by Crippen LogP contribution is -2.22. The molecule has 0 radical (unpaired) electrons. The van der Waals surface area contributed by atoms with Crippen molar-refractivity contribution >= 4 is 51.5 Å². The molecule has 33 heavy (non-hydrogen) atoms. The second-order valence-corrected chi connectivity index (χ2v) is 8.82. The molecule has 3 heterocycles. The van der Waals surface area contributed by atoms with E-state index in [0.29, 0.717) is 37.5 Å². The van der Waals surface area contributed by atoms with Gasteiger partial charge in [-0.2, -0.15) is 5.26 Å². The van der Waals surface area contributed by atoms with Crippen LogP contribution in [0.25, 0.3) is 22.2 Å². The third kappa shape index (κ3) is 3.89. The fourth-order valence-electron chi connectivity index (χ4n) is 3.38. The summed E-state index contributed by atoms with van der Waals surface area (Å²) in [6, 6.07) is 15.1. The predicted octanol–water partition coefficient (Wildman–Crippen LogP) is 4.19. The van der Waals surface area contributed by atoms with Crippen molar-refractivity contribution in [1.82, 2.24) is 24.1 Å². The van der Waals surface area contributed by atoms with Gasteiger partial charge in [0.15, 0.2) is 10.8 Å². The molecule has 8 nitrogen and oxygen atoms in total. The largest absolute Gasteiger partial charge is 0.295 e. The van der Waals surface area contributed by atoms with Crippen LogP contribution in [0.15, 0.2) is 69.5 Å². The second-order valence-electron chi connectivity index (χ2n) is 7.01. The molecule has 162 valence electrons. The van der Waals surface area contributed by atoms with Crippen molar-refractivity contribution < 1.29 is 0 Å². The number of aromatic nitrogens is 5. The van der Waals surface area contributed by atoms with E-state index in [4.69, 9.17) is 23.2 Å². The number of hydrogen-bond donors (Lipinski definition) is 1. The summed E-state index contributed by atoms with van der Waals surface area (Å²) in [5.41, 5.74) is 1.40. The average molecular weight is 495 g/mol. The summed E-state index contributed by atoms with van der Waals surface area (Å²) in [7, 11) is 0. The Morgan fingerprint density at radius 3 is 2.55 bits per heavy atom. The van der Waals surface area contributed by atoms with Crippen LogP contribution in [0.3, 0.4) is 0 Å². The van der Waals surface area contributed by atoms with E-state index in [9.17, 15) is 14.9 Å². The minimum atomic E-state index is -0.342. The van der Waals surface area contributed by atoms with Crippen molar-refractivity contribution in [2.75, 3.05) is 0 Å². The van der Waals surface area contributed by atoms with Gasteiger partial charge in [0.1, 0.15) is 11.6 Å². The van der Waals surface area contributed by atoms with Crippen LogP contribution in [-0.2, 0) is 5.75 Å². The first kappa shape index (κ1) is 21.3. The molecular weight excluding hydrogens is 483 g/mol. The first-order valence-corrected chi connectivity index (χ1v) is 11.3. The molecule has 0 aliphatic carbocycles. The maximum atomic E-state index is 13.4. The Bertz CT molecular complexity index is 1700. The summed E-state index contributed by atoms with van der Waals surface area (Å²) in [6.07, 6.45) is 1.42. The summed E-state index contributed by atoms with van der Waals surface area (Å²) in [6.45, 7) is 0. The summed E-state index contributed by atoms with van der Waals surface area (Å²) >= 11 is 13.4. The van der Waals surface area contributed by atoms with Crippen molar-refractivity contribution in [3.05, 3.63) is 96.7 Å². The molecule has 1 N–H and O–H groups in total. The van der Waals surface area contributed by atoms with E-state index in [2.05, 4.69) is 15.1 Å². The zero-order chi connectivity index (χ0) is 23.1. The van der Waals surface area contributed by atoms with Crippen LogP contribution in [0.2, 0.25) is 10.0 Å². The first-order chi connectivity index (χ1) is 15.9. The van der Waals surface area contributed by atoms with E-state index in [1.54, 1.807) is 42.5 Å². The number of thioether (sulfide) groups is 1. The van der Waals surface area contributed by atoms with E-state index in [1.165, 1.54) is 33.1 Å². The fraction of sp³-hybridized carbons (Fsp3) is 0.0455. The van der Waals surface area contributed by atoms with Gasteiger partial charge in [0.05, 0.1) is 22.3 Å². The predicted molar refractivity (Wildman–Crippen MR) is 127 cm³/mol. The number of halogens is 2. The summed E-state index contributed by atoms with van der Waals surface area (Å²) < 4.78 is 2.69. The Labute approximate surface area is 200 Å². The molecular formula is C22H12Cl2N6O2S. The Kier molecular flexibility index (Phi) is 5.42. The van der Waals surface area contributed by atoms with Crippen molar-refractivity contribution in [3.63, 3.8) is 0 Å². The standard InChI is InChI=1S/C22H12Cl2N6O2S/c23-13-1-4-16(5-2-13)29-21(32)17-6-3-14(24)7-18(17)28-22(29)33-11-15-8-19(31)30-20(27-15)12(9-25)10-26-30/h1-8,10,26H,11H2. The molecule has 0 saturated heterocycles. The van der Waals surface area contributed by atoms with Gasteiger partial charge >= 0.3 is 0 Å². The Balaban J connectivity index is 1.63. The van der Waals surface area contributed by atoms with Crippen molar-refractivity contribution in [2.24, 2.45) is 0 Å². The van der Waals surface area contributed by atoms with Gasteiger partial charge < -0.3 is 0 Å². The summed E-state index contributed by atoms with van der Waals surface area (Å²) in [4.78, 5) is 34.8. The molecule has 0 aliphatic rings. The zero-order valence-corrected chi connectivity index (χ0v) is 18.9. The number of nitrogens with one attached hydrogen (secondary N) is 1.